The van der Waals surface area contributed by atoms with Gasteiger partial charge in [0.2, 0.25) is 5.78 Å². The Morgan fingerprint density at radius 2 is 1.71 bits per heavy atom. The number of esters is 1. The van der Waals surface area contributed by atoms with E-state index in [9.17, 15) is 9.59 Å². The van der Waals surface area contributed by atoms with Crippen molar-refractivity contribution >= 4 is 11.8 Å². The van der Waals surface area contributed by atoms with E-state index >= 15 is 0 Å². The van der Waals surface area contributed by atoms with E-state index in [-0.39, 0.29) is 18.3 Å². The van der Waals surface area contributed by atoms with Crippen molar-refractivity contribution in [1.82, 2.24) is 0 Å². The van der Waals surface area contributed by atoms with E-state index in [2.05, 4.69) is 11.7 Å². The maximum absolute atomic E-state index is 11.4. The Morgan fingerprint density at radius 3 is 2.29 bits per heavy atom. The van der Waals surface area contributed by atoms with Gasteiger partial charge in [-0.15, -0.1) is 0 Å². The normalized spacial score (nSPS) is 12.2. The third-order valence-electron chi connectivity index (χ3n) is 2.84. The van der Waals surface area contributed by atoms with Gasteiger partial charge in [0.25, 0.3) is 0 Å². The number of ketones is 1. The van der Waals surface area contributed by atoms with Crippen LogP contribution in [0.1, 0.15) is 65.7 Å². The van der Waals surface area contributed by atoms with Crippen molar-refractivity contribution in [2.75, 3.05) is 6.61 Å². The fourth-order valence-corrected chi connectivity index (χ4v) is 1.81. The Kier molecular flexibility index (Phi) is 9.78. The highest BCUT2D eigenvalue weighted by atomic mass is 16.5. The molecule has 3 nitrogen and oxygen atoms in total. The number of carbonyl (C=O) groups excluding carboxylic acids is 2. The van der Waals surface area contributed by atoms with Crippen LogP contribution in [0.3, 0.4) is 0 Å². The lowest BCUT2D eigenvalue weighted by molar-refractivity contribution is -0.153. The first-order valence-electron chi connectivity index (χ1n) is 6.81. The number of ether oxygens (including phenoxy) is 1. The monoisotopic (exact) mass is 242 g/mol. The van der Waals surface area contributed by atoms with Gasteiger partial charge in [-0.1, -0.05) is 52.4 Å². The number of rotatable bonds is 10. The highest BCUT2D eigenvalue weighted by Crippen LogP contribution is 2.14. The lowest BCUT2D eigenvalue weighted by Crippen LogP contribution is -2.19. The molecule has 100 valence electrons. The van der Waals surface area contributed by atoms with Gasteiger partial charge in [0.05, 0.1) is 6.61 Å². The van der Waals surface area contributed by atoms with Crippen LogP contribution in [0, 0.1) is 5.92 Å². The predicted octanol–water partition coefficient (Wildman–Crippen LogP) is 3.51. The number of unbranched alkanes of at least 4 members (excludes halogenated alkanes) is 4. The minimum atomic E-state index is -0.676. The number of Topliss-reactive ketones (excluding diaryl/α,β-unsaturated/α-hetero) is 1. The summed E-state index contributed by atoms with van der Waals surface area (Å²) in [5.41, 5.74) is 0. The van der Waals surface area contributed by atoms with Gasteiger partial charge in [-0.2, -0.15) is 0 Å². The zero-order valence-electron chi connectivity index (χ0n) is 11.5. The molecule has 0 aliphatic heterocycles. The molecule has 0 rings (SSSR count). The fraction of sp³-hybridized carbons (Fsp3) is 0.857. The van der Waals surface area contributed by atoms with Crippen LogP contribution in [0.4, 0.5) is 0 Å². The number of carbonyl (C=O) groups is 2. The molecular weight excluding hydrogens is 216 g/mol. The molecule has 0 saturated carbocycles. The first-order chi connectivity index (χ1) is 8.11. The SMILES string of the molecule is CCCCCCCC(C)CC(=O)C(=O)OCC. The highest BCUT2D eigenvalue weighted by Gasteiger charge is 2.17. The molecule has 0 aliphatic carbocycles. The molecule has 0 aliphatic rings. The minimum Gasteiger partial charge on any atom is -0.460 e. The van der Waals surface area contributed by atoms with Crippen molar-refractivity contribution in [3.8, 4) is 0 Å². The van der Waals surface area contributed by atoms with E-state index in [0.717, 1.165) is 12.8 Å². The van der Waals surface area contributed by atoms with Crippen LogP contribution in [0.25, 0.3) is 0 Å². The molecule has 3 heteroatoms. The van der Waals surface area contributed by atoms with Crippen molar-refractivity contribution in [3.05, 3.63) is 0 Å². The third-order valence-corrected chi connectivity index (χ3v) is 2.84. The van der Waals surface area contributed by atoms with Crippen molar-refractivity contribution in [1.29, 1.82) is 0 Å². The molecule has 0 fully saturated rings. The Morgan fingerprint density at radius 1 is 1.06 bits per heavy atom. The van der Waals surface area contributed by atoms with Gasteiger partial charge in [-0.05, 0) is 12.8 Å². The molecule has 0 bridgehead atoms. The lowest BCUT2D eigenvalue weighted by atomic mass is 9.97. The maximum Gasteiger partial charge on any atom is 0.374 e. The van der Waals surface area contributed by atoms with Crippen LogP contribution in [0.5, 0.6) is 0 Å². The average molecular weight is 242 g/mol. The molecule has 0 N–H and O–H groups in total. The summed E-state index contributed by atoms with van der Waals surface area (Å²) in [5.74, 6) is -0.772. The van der Waals surface area contributed by atoms with E-state index in [1.807, 2.05) is 6.92 Å². The van der Waals surface area contributed by atoms with Crippen molar-refractivity contribution in [3.63, 3.8) is 0 Å². The second-order valence-electron chi connectivity index (χ2n) is 4.66. The van der Waals surface area contributed by atoms with Gasteiger partial charge in [-0.3, -0.25) is 4.79 Å². The first kappa shape index (κ1) is 16.1. The van der Waals surface area contributed by atoms with Gasteiger partial charge in [0.15, 0.2) is 0 Å². The molecule has 0 spiro atoms. The van der Waals surface area contributed by atoms with Crippen LogP contribution < -0.4 is 0 Å². The second-order valence-corrected chi connectivity index (χ2v) is 4.66. The van der Waals surface area contributed by atoms with Gasteiger partial charge in [0.1, 0.15) is 0 Å². The standard InChI is InChI=1S/C14H26O3/c1-4-6-7-8-9-10-12(3)11-13(15)14(16)17-5-2/h12H,4-11H2,1-3H3. The highest BCUT2D eigenvalue weighted by molar-refractivity contribution is 6.33. The van der Waals surface area contributed by atoms with Gasteiger partial charge in [0, 0.05) is 6.42 Å². The van der Waals surface area contributed by atoms with E-state index in [1.165, 1.54) is 25.7 Å². The largest absolute Gasteiger partial charge is 0.460 e. The Bertz CT molecular complexity index is 224. The van der Waals surface area contributed by atoms with E-state index in [0.29, 0.717) is 6.42 Å². The second kappa shape index (κ2) is 10.3. The molecule has 0 saturated heterocycles. The zero-order valence-corrected chi connectivity index (χ0v) is 11.5. The minimum absolute atomic E-state index is 0.274. The molecule has 0 radical (unpaired) electrons. The summed E-state index contributed by atoms with van der Waals surface area (Å²) in [6.07, 6.45) is 7.53. The van der Waals surface area contributed by atoms with E-state index in [4.69, 9.17) is 0 Å². The fourth-order valence-electron chi connectivity index (χ4n) is 1.81. The van der Waals surface area contributed by atoms with Crippen LogP contribution in [0.15, 0.2) is 0 Å². The summed E-state index contributed by atoms with van der Waals surface area (Å²) >= 11 is 0. The molecule has 0 heterocycles. The van der Waals surface area contributed by atoms with Crippen LogP contribution >= 0.6 is 0 Å². The molecular formula is C14H26O3. The average Bonchev–Trinajstić information content (AvgIpc) is 2.29. The molecule has 0 aromatic heterocycles. The number of hydrogen-bond acceptors (Lipinski definition) is 3. The van der Waals surface area contributed by atoms with E-state index in [1.54, 1.807) is 6.92 Å². The molecule has 0 aromatic carbocycles. The summed E-state index contributed by atoms with van der Waals surface area (Å²) in [6, 6.07) is 0. The zero-order chi connectivity index (χ0) is 13.1. The lowest BCUT2D eigenvalue weighted by Gasteiger charge is -2.09. The van der Waals surface area contributed by atoms with Crippen LogP contribution in [-0.2, 0) is 14.3 Å². The first-order valence-corrected chi connectivity index (χ1v) is 6.81. The summed E-state index contributed by atoms with van der Waals surface area (Å²) in [6.45, 7) is 6.20. The topological polar surface area (TPSA) is 43.4 Å². The van der Waals surface area contributed by atoms with Crippen molar-refractivity contribution in [2.24, 2.45) is 5.92 Å². The van der Waals surface area contributed by atoms with Gasteiger partial charge in [-0.25, -0.2) is 4.79 Å². The number of hydrogen-bond donors (Lipinski definition) is 0. The Hall–Kier alpha value is -0.860. The third kappa shape index (κ3) is 8.90. The summed E-state index contributed by atoms with van der Waals surface area (Å²) in [7, 11) is 0. The van der Waals surface area contributed by atoms with Crippen LogP contribution in [0.2, 0.25) is 0 Å². The van der Waals surface area contributed by atoms with Crippen LogP contribution in [-0.4, -0.2) is 18.4 Å². The molecule has 1 atom stereocenters. The molecule has 0 amide bonds. The summed E-state index contributed by atoms with van der Waals surface area (Å²) < 4.78 is 4.67. The maximum atomic E-state index is 11.4. The molecule has 17 heavy (non-hydrogen) atoms. The Labute approximate surface area is 105 Å². The van der Waals surface area contributed by atoms with Gasteiger partial charge >= 0.3 is 5.97 Å². The predicted molar refractivity (Wildman–Crippen MR) is 68.8 cm³/mol. The molecule has 1 unspecified atom stereocenters. The summed E-state index contributed by atoms with van der Waals surface area (Å²) in [4.78, 5) is 22.5. The Balaban J connectivity index is 3.60. The summed E-state index contributed by atoms with van der Waals surface area (Å²) in [5, 5.41) is 0. The van der Waals surface area contributed by atoms with Gasteiger partial charge < -0.3 is 4.74 Å². The van der Waals surface area contributed by atoms with Crippen molar-refractivity contribution in [2.45, 2.75) is 65.7 Å². The quantitative estimate of drug-likeness (QED) is 0.334. The van der Waals surface area contributed by atoms with E-state index < -0.39 is 5.97 Å². The smallest absolute Gasteiger partial charge is 0.374 e. The van der Waals surface area contributed by atoms with Crippen molar-refractivity contribution < 1.29 is 14.3 Å². The molecule has 0 aromatic rings.